The first-order valence-corrected chi connectivity index (χ1v) is 7.77. The third-order valence-electron chi connectivity index (χ3n) is 3.64. The zero-order chi connectivity index (χ0) is 14.7. The summed E-state index contributed by atoms with van der Waals surface area (Å²) in [5.41, 5.74) is 0.765. The Morgan fingerprint density at radius 3 is 2.76 bits per heavy atom. The smallest absolute Gasteiger partial charge is 0.186 e. The Kier molecular flexibility index (Phi) is 4.16. The number of carbonyl (C=O) groups is 1. The monoisotopic (exact) mass is 338 g/mol. The summed E-state index contributed by atoms with van der Waals surface area (Å²) in [6.07, 6.45) is 10.9. The summed E-state index contributed by atoms with van der Waals surface area (Å²) in [6, 6.07) is 13.8. The lowest BCUT2D eigenvalue weighted by Gasteiger charge is -2.09. The molecular weight excluding hydrogens is 324 g/mol. The molecule has 0 bridgehead atoms. The van der Waals surface area contributed by atoms with Gasteiger partial charge in [0, 0.05) is 10.0 Å². The predicted octanol–water partition coefficient (Wildman–Crippen LogP) is 5.43. The fourth-order valence-corrected chi connectivity index (χ4v) is 2.83. The van der Waals surface area contributed by atoms with Crippen molar-refractivity contribution >= 4 is 32.5 Å². The number of halogens is 1. The van der Waals surface area contributed by atoms with E-state index in [0.29, 0.717) is 5.92 Å². The SMILES string of the molecule is O=C(/C=C/C1C=CC(Br)=CC1)c1cccc2ccccc12. The molecule has 2 aromatic rings. The maximum absolute atomic E-state index is 12.4. The molecule has 21 heavy (non-hydrogen) atoms. The van der Waals surface area contributed by atoms with Crippen molar-refractivity contribution in [3.63, 3.8) is 0 Å². The van der Waals surface area contributed by atoms with Gasteiger partial charge in [0.1, 0.15) is 0 Å². The number of rotatable bonds is 3. The molecule has 0 amide bonds. The summed E-state index contributed by atoms with van der Waals surface area (Å²) in [7, 11) is 0. The molecule has 3 rings (SSSR count). The Hall–Kier alpha value is -1.93. The lowest BCUT2D eigenvalue weighted by Crippen LogP contribution is -1.99. The van der Waals surface area contributed by atoms with Crippen molar-refractivity contribution in [3.8, 4) is 0 Å². The number of carbonyl (C=O) groups excluding carboxylic acids is 1. The van der Waals surface area contributed by atoms with Crippen LogP contribution >= 0.6 is 15.9 Å². The minimum absolute atomic E-state index is 0.0637. The number of benzene rings is 2. The Morgan fingerprint density at radius 1 is 1.14 bits per heavy atom. The minimum Gasteiger partial charge on any atom is -0.289 e. The standard InChI is InChI=1S/C19H15BrO/c20-16-11-8-14(9-12-16)10-13-19(21)18-7-3-5-15-4-1-2-6-17(15)18/h1-8,10-14H,9H2/b13-10+. The van der Waals surface area contributed by atoms with Crippen molar-refractivity contribution in [2.75, 3.05) is 0 Å². The minimum atomic E-state index is 0.0637. The first-order valence-electron chi connectivity index (χ1n) is 6.98. The summed E-state index contributed by atoms with van der Waals surface area (Å²) in [5.74, 6) is 0.360. The van der Waals surface area contributed by atoms with Gasteiger partial charge in [-0.1, -0.05) is 82.7 Å². The van der Waals surface area contributed by atoms with E-state index in [4.69, 9.17) is 0 Å². The highest BCUT2D eigenvalue weighted by molar-refractivity contribution is 9.11. The Bertz CT molecular complexity index is 763. The molecule has 0 heterocycles. The molecule has 0 radical (unpaired) electrons. The van der Waals surface area contributed by atoms with E-state index in [0.717, 1.165) is 27.2 Å². The van der Waals surface area contributed by atoms with E-state index in [-0.39, 0.29) is 5.78 Å². The second-order valence-electron chi connectivity index (χ2n) is 5.10. The van der Waals surface area contributed by atoms with E-state index < -0.39 is 0 Å². The van der Waals surface area contributed by atoms with E-state index in [2.05, 4.69) is 28.1 Å². The first-order chi connectivity index (χ1) is 10.2. The molecule has 1 nitrogen and oxygen atoms in total. The molecule has 1 atom stereocenters. The second-order valence-corrected chi connectivity index (χ2v) is 6.01. The van der Waals surface area contributed by atoms with Gasteiger partial charge in [0.25, 0.3) is 0 Å². The van der Waals surface area contributed by atoms with Crippen LogP contribution in [-0.4, -0.2) is 5.78 Å². The van der Waals surface area contributed by atoms with Crippen molar-refractivity contribution in [2.24, 2.45) is 5.92 Å². The summed E-state index contributed by atoms with van der Waals surface area (Å²) < 4.78 is 1.10. The third kappa shape index (κ3) is 3.22. The highest BCUT2D eigenvalue weighted by Crippen LogP contribution is 2.22. The molecule has 1 aliphatic carbocycles. The molecule has 0 aliphatic heterocycles. The van der Waals surface area contributed by atoms with E-state index in [1.54, 1.807) is 6.08 Å². The van der Waals surface area contributed by atoms with Crippen molar-refractivity contribution in [3.05, 3.63) is 82.9 Å². The van der Waals surface area contributed by atoms with Crippen LogP contribution in [0.15, 0.2) is 77.3 Å². The van der Waals surface area contributed by atoms with Gasteiger partial charge in [-0.05, 0) is 29.2 Å². The summed E-state index contributed by atoms with van der Waals surface area (Å²) >= 11 is 3.44. The summed E-state index contributed by atoms with van der Waals surface area (Å²) in [4.78, 5) is 12.4. The van der Waals surface area contributed by atoms with Gasteiger partial charge >= 0.3 is 0 Å². The van der Waals surface area contributed by atoms with Crippen LogP contribution < -0.4 is 0 Å². The Labute approximate surface area is 132 Å². The highest BCUT2D eigenvalue weighted by atomic mass is 79.9. The van der Waals surface area contributed by atoms with Crippen molar-refractivity contribution < 1.29 is 4.79 Å². The molecule has 0 spiro atoms. The average molecular weight is 339 g/mol. The zero-order valence-corrected chi connectivity index (χ0v) is 13.1. The van der Waals surface area contributed by atoms with Gasteiger partial charge in [0.2, 0.25) is 0 Å². The van der Waals surface area contributed by atoms with Gasteiger partial charge in [0.15, 0.2) is 5.78 Å². The van der Waals surface area contributed by atoms with Crippen molar-refractivity contribution in [1.29, 1.82) is 0 Å². The van der Waals surface area contributed by atoms with Crippen LogP contribution in [0.5, 0.6) is 0 Å². The van der Waals surface area contributed by atoms with E-state index in [9.17, 15) is 4.79 Å². The molecule has 0 saturated heterocycles. The average Bonchev–Trinajstić information content (AvgIpc) is 2.53. The zero-order valence-electron chi connectivity index (χ0n) is 11.5. The van der Waals surface area contributed by atoms with Crippen LogP contribution in [0, 0.1) is 5.92 Å². The first kappa shape index (κ1) is 14.0. The van der Waals surface area contributed by atoms with Crippen LogP contribution in [0.1, 0.15) is 16.8 Å². The number of hydrogen-bond donors (Lipinski definition) is 0. The maximum atomic E-state index is 12.4. The van der Waals surface area contributed by atoms with E-state index >= 15 is 0 Å². The molecule has 104 valence electrons. The highest BCUT2D eigenvalue weighted by Gasteiger charge is 2.08. The molecule has 1 unspecified atom stereocenters. The lowest BCUT2D eigenvalue weighted by atomic mass is 9.97. The molecule has 0 aromatic heterocycles. The summed E-state index contributed by atoms with van der Waals surface area (Å²) in [6.45, 7) is 0. The number of allylic oxidation sites excluding steroid dienone is 6. The summed E-state index contributed by atoms with van der Waals surface area (Å²) in [5, 5.41) is 2.11. The van der Waals surface area contributed by atoms with Gasteiger partial charge < -0.3 is 0 Å². The van der Waals surface area contributed by atoms with Gasteiger partial charge in [-0.15, -0.1) is 0 Å². The fourth-order valence-electron chi connectivity index (χ4n) is 2.49. The van der Waals surface area contributed by atoms with Crippen LogP contribution in [0.4, 0.5) is 0 Å². The van der Waals surface area contributed by atoms with Gasteiger partial charge in [-0.2, -0.15) is 0 Å². The molecule has 0 saturated carbocycles. The largest absolute Gasteiger partial charge is 0.289 e. The van der Waals surface area contributed by atoms with Crippen LogP contribution in [0.2, 0.25) is 0 Å². The van der Waals surface area contributed by atoms with Gasteiger partial charge in [-0.25, -0.2) is 0 Å². The van der Waals surface area contributed by atoms with Crippen LogP contribution in [0.25, 0.3) is 10.8 Å². The number of ketones is 1. The lowest BCUT2D eigenvalue weighted by molar-refractivity contribution is 0.104. The molecule has 0 fully saturated rings. The Morgan fingerprint density at radius 2 is 1.95 bits per heavy atom. The van der Waals surface area contributed by atoms with Crippen molar-refractivity contribution in [1.82, 2.24) is 0 Å². The van der Waals surface area contributed by atoms with Crippen LogP contribution in [-0.2, 0) is 0 Å². The number of fused-ring (bicyclic) bond motifs is 1. The predicted molar refractivity (Wildman–Crippen MR) is 91.7 cm³/mol. The third-order valence-corrected chi connectivity index (χ3v) is 4.23. The second kappa shape index (κ2) is 6.23. The molecule has 2 aromatic carbocycles. The number of hydrogen-bond acceptors (Lipinski definition) is 1. The molecule has 1 aliphatic rings. The van der Waals surface area contributed by atoms with Crippen molar-refractivity contribution in [2.45, 2.75) is 6.42 Å². The fraction of sp³-hybridized carbons (Fsp3) is 0.105. The van der Waals surface area contributed by atoms with Crippen LogP contribution in [0.3, 0.4) is 0 Å². The normalized spacial score (nSPS) is 18.1. The quantitative estimate of drug-likeness (QED) is 0.538. The Balaban J connectivity index is 1.83. The van der Waals surface area contributed by atoms with Gasteiger partial charge in [0.05, 0.1) is 0 Å². The molecule has 0 N–H and O–H groups in total. The molecule has 2 heteroatoms. The maximum Gasteiger partial charge on any atom is 0.186 e. The topological polar surface area (TPSA) is 17.1 Å². The van der Waals surface area contributed by atoms with E-state index in [1.165, 1.54) is 0 Å². The van der Waals surface area contributed by atoms with E-state index in [1.807, 2.05) is 54.6 Å². The molecular formula is C19H15BrO. The van der Waals surface area contributed by atoms with Gasteiger partial charge in [-0.3, -0.25) is 4.79 Å².